The van der Waals surface area contributed by atoms with E-state index in [1.165, 1.54) is 12.8 Å². The molecule has 0 aromatic heterocycles. The Morgan fingerprint density at radius 1 is 1.28 bits per heavy atom. The van der Waals surface area contributed by atoms with Crippen molar-refractivity contribution < 1.29 is 9.47 Å². The third kappa shape index (κ3) is 2.27. The van der Waals surface area contributed by atoms with Gasteiger partial charge in [0.15, 0.2) is 11.5 Å². The van der Waals surface area contributed by atoms with Crippen LogP contribution in [-0.2, 0) is 0 Å². The molecule has 0 saturated heterocycles. The van der Waals surface area contributed by atoms with Crippen LogP contribution in [0, 0.1) is 5.41 Å². The van der Waals surface area contributed by atoms with Crippen LogP contribution in [0.15, 0.2) is 22.7 Å². The first kappa shape index (κ1) is 12.1. The Bertz CT molecular complexity index is 495. The molecule has 3 nitrogen and oxygen atoms in total. The smallest absolute Gasteiger partial charge is 0.175 e. The van der Waals surface area contributed by atoms with Crippen molar-refractivity contribution >= 4 is 22.0 Å². The van der Waals surface area contributed by atoms with E-state index in [0.717, 1.165) is 34.7 Å². The minimum atomic E-state index is 0.270. The van der Waals surface area contributed by atoms with Crippen molar-refractivity contribution in [3.63, 3.8) is 0 Å². The molecule has 1 fully saturated rings. The zero-order valence-electron chi connectivity index (χ0n) is 10.1. The third-order valence-corrected chi connectivity index (χ3v) is 4.08. The van der Waals surface area contributed by atoms with E-state index in [0.29, 0.717) is 6.54 Å². The van der Waals surface area contributed by atoms with Gasteiger partial charge in [0.1, 0.15) is 0 Å². The van der Waals surface area contributed by atoms with Crippen LogP contribution < -0.4 is 15.2 Å². The molecule has 0 bridgehead atoms. The molecule has 0 radical (unpaired) electrons. The van der Waals surface area contributed by atoms with Gasteiger partial charge in [-0.2, -0.15) is 0 Å². The number of nitrogens with two attached hydrogens (primary N) is 1. The number of hydrogen-bond donors (Lipinski definition) is 1. The molecule has 18 heavy (non-hydrogen) atoms. The molecule has 2 N–H and O–H groups in total. The fourth-order valence-electron chi connectivity index (χ4n) is 2.10. The van der Waals surface area contributed by atoms with Crippen molar-refractivity contribution in [3.8, 4) is 11.5 Å². The van der Waals surface area contributed by atoms with Crippen LogP contribution in [0.1, 0.15) is 18.4 Å². The van der Waals surface area contributed by atoms with E-state index in [1.807, 2.05) is 24.3 Å². The number of benzene rings is 1. The van der Waals surface area contributed by atoms with Gasteiger partial charge in [-0.3, -0.25) is 0 Å². The molecule has 96 valence electrons. The summed E-state index contributed by atoms with van der Waals surface area (Å²) in [5, 5.41) is 0. The zero-order chi connectivity index (χ0) is 12.6. The summed E-state index contributed by atoms with van der Waals surface area (Å²) >= 11 is 3.55. The Balaban J connectivity index is 1.91. The molecular weight excluding hydrogens is 294 g/mol. The first-order chi connectivity index (χ1) is 8.72. The number of fused-ring (bicyclic) bond motifs is 1. The van der Waals surface area contributed by atoms with Crippen LogP contribution in [0.25, 0.3) is 6.08 Å². The van der Waals surface area contributed by atoms with Crippen molar-refractivity contribution in [2.24, 2.45) is 11.1 Å². The Morgan fingerprint density at radius 3 is 2.78 bits per heavy atom. The van der Waals surface area contributed by atoms with Gasteiger partial charge in [0, 0.05) is 12.0 Å². The highest BCUT2D eigenvalue weighted by atomic mass is 79.9. The topological polar surface area (TPSA) is 44.5 Å². The van der Waals surface area contributed by atoms with Gasteiger partial charge in [-0.1, -0.05) is 12.2 Å². The SMILES string of the molecule is NC/C=C/c1cc(Br)c2c(c1)OCC1(CC1)CO2. The van der Waals surface area contributed by atoms with E-state index >= 15 is 0 Å². The molecule has 1 aliphatic heterocycles. The number of ether oxygens (including phenoxy) is 2. The largest absolute Gasteiger partial charge is 0.489 e. The lowest BCUT2D eigenvalue weighted by molar-refractivity contribution is 0.196. The summed E-state index contributed by atoms with van der Waals surface area (Å²) in [5.74, 6) is 1.65. The predicted molar refractivity (Wildman–Crippen MR) is 74.9 cm³/mol. The van der Waals surface area contributed by atoms with E-state index in [9.17, 15) is 0 Å². The maximum atomic E-state index is 5.91. The molecule has 1 heterocycles. The van der Waals surface area contributed by atoms with Crippen LogP contribution in [0.4, 0.5) is 0 Å². The van der Waals surface area contributed by atoms with Crippen molar-refractivity contribution in [1.29, 1.82) is 0 Å². The molecule has 4 heteroatoms. The molecule has 1 saturated carbocycles. The molecular formula is C14H16BrNO2. The summed E-state index contributed by atoms with van der Waals surface area (Å²) in [7, 11) is 0. The Hall–Kier alpha value is -1.00. The van der Waals surface area contributed by atoms with E-state index < -0.39 is 0 Å². The van der Waals surface area contributed by atoms with Crippen molar-refractivity contribution in [2.75, 3.05) is 19.8 Å². The van der Waals surface area contributed by atoms with Gasteiger partial charge in [0.25, 0.3) is 0 Å². The minimum Gasteiger partial charge on any atom is -0.489 e. The molecule has 3 rings (SSSR count). The highest BCUT2D eigenvalue weighted by Gasteiger charge is 2.46. The fraction of sp³-hybridized carbons (Fsp3) is 0.429. The van der Waals surface area contributed by atoms with Crippen LogP contribution >= 0.6 is 15.9 Å². The predicted octanol–water partition coefficient (Wildman–Crippen LogP) is 2.97. The van der Waals surface area contributed by atoms with E-state index in [2.05, 4.69) is 15.9 Å². The molecule has 0 atom stereocenters. The van der Waals surface area contributed by atoms with Crippen LogP contribution in [0.5, 0.6) is 11.5 Å². The molecule has 0 amide bonds. The van der Waals surface area contributed by atoms with E-state index in [4.69, 9.17) is 15.2 Å². The summed E-state index contributed by atoms with van der Waals surface area (Å²) in [6, 6.07) is 4.03. The highest BCUT2D eigenvalue weighted by Crippen LogP contribution is 2.50. The lowest BCUT2D eigenvalue weighted by Crippen LogP contribution is -2.17. The lowest BCUT2D eigenvalue weighted by Gasteiger charge is -2.10. The Morgan fingerprint density at radius 2 is 2.06 bits per heavy atom. The average molecular weight is 310 g/mol. The average Bonchev–Trinajstić information content (AvgIpc) is 3.15. The van der Waals surface area contributed by atoms with Crippen molar-refractivity contribution in [3.05, 3.63) is 28.2 Å². The monoisotopic (exact) mass is 309 g/mol. The quantitative estimate of drug-likeness (QED) is 0.913. The van der Waals surface area contributed by atoms with E-state index in [1.54, 1.807) is 0 Å². The van der Waals surface area contributed by atoms with Crippen LogP contribution in [0.2, 0.25) is 0 Å². The van der Waals surface area contributed by atoms with Crippen LogP contribution in [-0.4, -0.2) is 19.8 Å². The number of halogens is 1. The van der Waals surface area contributed by atoms with E-state index in [-0.39, 0.29) is 5.41 Å². The number of rotatable bonds is 2. The summed E-state index contributed by atoms with van der Waals surface area (Å²) < 4.78 is 12.7. The maximum absolute atomic E-state index is 5.91. The second-order valence-corrected chi connectivity index (χ2v) is 5.90. The maximum Gasteiger partial charge on any atom is 0.175 e. The molecule has 1 aliphatic carbocycles. The van der Waals surface area contributed by atoms with Crippen molar-refractivity contribution in [2.45, 2.75) is 12.8 Å². The van der Waals surface area contributed by atoms with Gasteiger partial charge in [-0.25, -0.2) is 0 Å². The standard InChI is InChI=1S/C14H16BrNO2/c15-11-6-10(2-1-5-16)7-12-13(11)18-9-14(3-4-14)8-17-12/h1-2,6-7H,3-5,8-9,16H2/b2-1+. The van der Waals surface area contributed by atoms with Gasteiger partial charge in [0.05, 0.1) is 17.7 Å². The number of hydrogen-bond acceptors (Lipinski definition) is 3. The van der Waals surface area contributed by atoms with Gasteiger partial charge >= 0.3 is 0 Å². The van der Waals surface area contributed by atoms with Crippen LogP contribution in [0.3, 0.4) is 0 Å². The molecule has 1 aromatic carbocycles. The normalized spacial score (nSPS) is 20.1. The summed E-state index contributed by atoms with van der Waals surface area (Å²) in [6.07, 6.45) is 6.33. The van der Waals surface area contributed by atoms with Gasteiger partial charge in [-0.05, 0) is 46.5 Å². The first-order valence-electron chi connectivity index (χ1n) is 6.18. The lowest BCUT2D eigenvalue weighted by atomic mass is 10.1. The third-order valence-electron chi connectivity index (χ3n) is 3.49. The summed E-state index contributed by atoms with van der Waals surface area (Å²) in [5.41, 5.74) is 6.81. The second kappa shape index (κ2) is 4.59. The van der Waals surface area contributed by atoms with Gasteiger partial charge < -0.3 is 15.2 Å². The van der Waals surface area contributed by atoms with Gasteiger partial charge in [-0.15, -0.1) is 0 Å². The fourth-order valence-corrected chi connectivity index (χ4v) is 2.67. The summed E-state index contributed by atoms with van der Waals surface area (Å²) in [4.78, 5) is 0. The van der Waals surface area contributed by atoms with Crippen molar-refractivity contribution in [1.82, 2.24) is 0 Å². The molecule has 2 aliphatic rings. The Labute approximate surface area is 115 Å². The molecule has 1 spiro atoms. The van der Waals surface area contributed by atoms with Gasteiger partial charge in [0.2, 0.25) is 0 Å². The first-order valence-corrected chi connectivity index (χ1v) is 6.97. The zero-order valence-corrected chi connectivity index (χ0v) is 11.7. The second-order valence-electron chi connectivity index (χ2n) is 5.05. The minimum absolute atomic E-state index is 0.270. The Kier molecular flexibility index (Phi) is 3.08. The highest BCUT2D eigenvalue weighted by molar-refractivity contribution is 9.10. The molecule has 1 aromatic rings. The summed E-state index contributed by atoms with van der Waals surface area (Å²) in [6.45, 7) is 2.06. The molecule has 0 unspecified atom stereocenters.